The third kappa shape index (κ3) is 2.85. The van der Waals surface area contributed by atoms with E-state index in [1.54, 1.807) is 22.9 Å². The molecule has 0 spiro atoms. The lowest BCUT2D eigenvalue weighted by atomic mass is 10.0. The quantitative estimate of drug-likeness (QED) is 0.919. The number of aliphatic hydroxyl groups excluding tert-OH is 1. The van der Waals surface area contributed by atoms with Crippen LogP contribution in [0, 0.1) is 12.8 Å². The van der Waals surface area contributed by atoms with E-state index in [1.165, 1.54) is 0 Å². The highest BCUT2D eigenvalue weighted by atomic mass is 35.5. The van der Waals surface area contributed by atoms with Gasteiger partial charge in [0.05, 0.1) is 28.0 Å². The average molecular weight is 313 g/mol. The number of aryl methyl sites for hydroxylation is 1. The number of hydrogen-bond donors (Lipinski definition) is 1. The number of nitrogens with zero attached hydrogens (tertiary/aromatic N) is 2. The van der Waals surface area contributed by atoms with Crippen molar-refractivity contribution in [3.63, 3.8) is 0 Å². The van der Waals surface area contributed by atoms with E-state index in [-0.39, 0.29) is 6.61 Å². The molecule has 1 N–H and O–H groups in total. The van der Waals surface area contributed by atoms with E-state index in [1.807, 2.05) is 6.92 Å². The van der Waals surface area contributed by atoms with Crippen LogP contribution in [-0.2, 0) is 13.0 Å². The molecular weight excluding hydrogens is 295 g/mol. The van der Waals surface area contributed by atoms with E-state index in [0.717, 1.165) is 23.4 Å². The van der Waals surface area contributed by atoms with Crippen LogP contribution in [0.25, 0.3) is 5.69 Å². The molecule has 0 bridgehead atoms. The maximum atomic E-state index is 9.72. The summed E-state index contributed by atoms with van der Waals surface area (Å²) in [5.74, 6) is 0.485. The maximum Gasteiger partial charge on any atom is 0.102 e. The van der Waals surface area contributed by atoms with Gasteiger partial charge in [-0.15, -0.1) is 0 Å². The van der Waals surface area contributed by atoms with Crippen LogP contribution in [-0.4, -0.2) is 14.9 Å². The Balaban J connectivity index is 2.63. The number of para-hydroxylation sites is 1. The normalized spacial score (nSPS) is 11.3. The molecule has 0 saturated heterocycles. The largest absolute Gasteiger partial charge is 0.390 e. The highest BCUT2D eigenvalue weighted by Gasteiger charge is 2.19. The molecule has 2 rings (SSSR count). The number of hydrogen-bond acceptors (Lipinski definition) is 2. The van der Waals surface area contributed by atoms with Gasteiger partial charge in [0.1, 0.15) is 5.69 Å². The second kappa shape index (κ2) is 6.17. The minimum absolute atomic E-state index is 0.0928. The molecule has 108 valence electrons. The fourth-order valence-corrected chi connectivity index (χ4v) is 2.88. The second-order valence-electron chi connectivity index (χ2n) is 5.25. The van der Waals surface area contributed by atoms with Crippen molar-refractivity contribution in [3.8, 4) is 5.69 Å². The summed E-state index contributed by atoms with van der Waals surface area (Å²) >= 11 is 12.5. The Morgan fingerprint density at radius 2 is 1.85 bits per heavy atom. The molecule has 0 radical (unpaired) electrons. The molecule has 0 unspecified atom stereocenters. The molecule has 0 fully saturated rings. The number of rotatable bonds is 4. The van der Waals surface area contributed by atoms with Crippen molar-refractivity contribution in [2.75, 3.05) is 0 Å². The third-order valence-electron chi connectivity index (χ3n) is 3.20. The average Bonchev–Trinajstić information content (AvgIpc) is 2.65. The molecule has 0 aliphatic rings. The minimum Gasteiger partial charge on any atom is -0.390 e. The molecular formula is C15H18Cl2N2O. The first-order valence-electron chi connectivity index (χ1n) is 6.58. The Hall–Kier alpha value is -1.03. The Labute approximate surface area is 129 Å². The number of halogens is 2. The molecule has 0 amide bonds. The summed E-state index contributed by atoms with van der Waals surface area (Å²) in [6.07, 6.45) is 0.865. The van der Waals surface area contributed by atoms with Crippen LogP contribution in [0.3, 0.4) is 0 Å². The first-order chi connectivity index (χ1) is 9.45. The summed E-state index contributed by atoms with van der Waals surface area (Å²) in [5.41, 5.74) is 3.35. The van der Waals surface area contributed by atoms with Crippen LogP contribution >= 0.6 is 23.2 Å². The summed E-state index contributed by atoms with van der Waals surface area (Å²) in [5, 5.41) is 15.3. The van der Waals surface area contributed by atoms with Crippen LogP contribution in [0.15, 0.2) is 18.2 Å². The molecule has 0 aliphatic heterocycles. The highest BCUT2D eigenvalue weighted by molar-refractivity contribution is 6.37. The van der Waals surface area contributed by atoms with E-state index in [0.29, 0.717) is 21.7 Å². The van der Waals surface area contributed by atoms with E-state index >= 15 is 0 Å². The highest BCUT2D eigenvalue weighted by Crippen LogP contribution is 2.31. The lowest BCUT2D eigenvalue weighted by molar-refractivity contribution is 0.271. The first-order valence-corrected chi connectivity index (χ1v) is 7.34. The molecule has 20 heavy (non-hydrogen) atoms. The van der Waals surface area contributed by atoms with Crippen LogP contribution in [0.2, 0.25) is 10.0 Å². The van der Waals surface area contributed by atoms with Crippen molar-refractivity contribution in [1.82, 2.24) is 9.78 Å². The van der Waals surface area contributed by atoms with Gasteiger partial charge in [-0.2, -0.15) is 5.10 Å². The van der Waals surface area contributed by atoms with Gasteiger partial charge in [0.25, 0.3) is 0 Å². The van der Waals surface area contributed by atoms with Crippen molar-refractivity contribution < 1.29 is 5.11 Å². The summed E-state index contributed by atoms with van der Waals surface area (Å²) in [4.78, 5) is 0. The Morgan fingerprint density at radius 3 is 2.35 bits per heavy atom. The topological polar surface area (TPSA) is 38.0 Å². The van der Waals surface area contributed by atoms with Crippen LogP contribution in [0.5, 0.6) is 0 Å². The zero-order chi connectivity index (χ0) is 14.9. The van der Waals surface area contributed by atoms with Crippen molar-refractivity contribution in [1.29, 1.82) is 0 Å². The predicted molar refractivity (Wildman–Crippen MR) is 82.8 cm³/mol. The van der Waals surface area contributed by atoms with Gasteiger partial charge in [-0.05, 0) is 37.0 Å². The summed E-state index contributed by atoms with van der Waals surface area (Å²) in [7, 11) is 0. The Kier molecular flexibility index (Phi) is 4.74. The molecule has 1 aromatic heterocycles. The maximum absolute atomic E-state index is 9.72. The Morgan fingerprint density at radius 1 is 1.25 bits per heavy atom. The molecule has 3 nitrogen and oxygen atoms in total. The van der Waals surface area contributed by atoms with Gasteiger partial charge in [0.15, 0.2) is 0 Å². The Bertz CT molecular complexity index is 600. The zero-order valence-corrected chi connectivity index (χ0v) is 13.3. The lowest BCUT2D eigenvalue weighted by Gasteiger charge is -2.11. The van der Waals surface area contributed by atoms with E-state index in [4.69, 9.17) is 23.2 Å². The fourth-order valence-electron chi connectivity index (χ4n) is 2.32. The van der Waals surface area contributed by atoms with Crippen LogP contribution < -0.4 is 0 Å². The smallest absolute Gasteiger partial charge is 0.102 e. The molecule has 0 aliphatic carbocycles. The summed E-state index contributed by atoms with van der Waals surface area (Å²) in [6.45, 7) is 6.13. The number of aliphatic hydroxyl groups is 1. The minimum atomic E-state index is -0.0928. The molecule has 1 heterocycles. The van der Waals surface area contributed by atoms with Gasteiger partial charge in [-0.1, -0.05) is 43.1 Å². The van der Waals surface area contributed by atoms with Gasteiger partial charge in [-0.25, -0.2) is 4.68 Å². The second-order valence-corrected chi connectivity index (χ2v) is 6.06. The third-order valence-corrected chi connectivity index (χ3v) is 3.81. The fraction of sp³-hybridized carbons (Fsp3) is 0.400. The van der Waals surface area contributed by atoms with Crippen LogP contribution in [0.4, 0.5) is 0 Å². The van der Waals surface area contributed by atoms with Gasteiger partial charge < -0.3 is 5.11 Å². The van der Waals surface area contributed by atoms with Crippen molar-refractivity contribution >= 4 is 23.2 Å². The number of benzene rings is 1. The number of aromatic nitrogens is 2. The molecule has 5 heteroatoms. The van der Waals surface area contributed by atoms with Crippen molar-refractivity contribution in [2.24, 2.45) is 5.92 Å². The van der Waals surface area contributed by atoms with E-state index < -0.39 is 0 Å². The first kappa shape index (κ1) is 15.4. The predicted octanol–water partition coefficient (Wildman–Crippen LogP) is 4.18. The molecule has 0 atom stereocenters. The van der Waals surface area contributed by atoms with Gasteiger partial charge in [0.2, 0.25) is 0 Å². The zero-order valence-electron chi connectivity index (χ0n) is 11.8. The summed E-state index contributed by atoms with van der Waals surface area (Å²) < 4.78 is 1.66. The molecule has 0 saturated carbocycles. The SMILES string of the molecule is Cc1nn(-c2c(Cl)cccc2Cl)c(CO)c1CC(C)C. The van der Waals surface area contributed by atoms with Gasteiger partial charge in [-0.3, -0.25) is 0 Å². The van der Waals surface area contributed by atoms with Crippen molar-refractivity contribution in [2.45, 2.75) is 33.8 Å². The summed E-state index contributed by atoms with van der Waals surface area (Å²) in [6, 6.07) is 5.32. The molecule has 2 aromatic rings. The lowest BCUT2D eigenvalue weighted by Crippen LogP contribution is -2.06. The van der Waals surface area contributed by atoms with E-state index in [9.17, 15) is 5.11 Å². The van der Waals surface area contributed by atoms with Gasteiger partial charge >= 0.3 is 0 Å². The standard InChI is InChI=1S/C15H18Cl2N2O/c1-9(2)7-11-10(3)18-19(14(11)8-20)15-12(16)5-4-6-13(15)17/h4-6,9,20H,7-8H2,1-3H3. The van der Waals surface area contributed by atoms with Crippen molar-refractivity contribution in [3.05, 3.63) is 45.2 Å². The monoisotopic (exact) mass is 312 g/mol. The molecule has 1 aromatic carbocycles. The van der Waals surface area contributed by atoms with Crippen LogP contribution in [0.1, 0.15) is 30.8 Å². The van der Waals surface area contributed by atoms with Gasteiger partial charge in [0, 0.05) is 0 Å². The van der Waals surface area contributed by atoms with E-state index in [2.05, 4.69) is 18.9 Å².